The lowest BCUT2D eigenvalue weighted by Crippen LogP contribution is -2.20. The molecule has 0 spiro atoms. The van der Waals surface area contributed by atoms with Crippen molar-refractivity contribution in [3.63, 3.8) is 0 Å². The minimum absolute atomic E-state index is 0.0360. The van der Waals surface area contributed by atoms with Crippen LogP contribution in [0.4, 0.5) is 11.4 Å². The highest BCUT2D eigenvalue weighted by molar-refractivity contribution is 7.92. The molecule has 0 fully saturated rings. The van der Waals surface area contributed by atoms with Crippen molar-refractivity contribution in [2.24, 2.45) is 0 Å². The molecule has 0 aromatic heterocycles. The van der Waals surface area contributed by atoms with Gasteiger partial charge in [0, 0.05) is 24.8 Å². The molecule has 7 heteroatoms. The van der Waals surface area contributed by atoms with Crippen LogP contribution in [0.3, 0.4) is 0 Å². The Morgan fingerprint density at radius 1 is 1.12 bits per heavy atom. The highest BCUT2D eigenvalue weighted by atomic mass is 32.2. The zero-order chi connectivity index (χ0) is 16.9. The molecule has 2 heterocycles. The van der Waals surface area contributed by atoms with Crippen LogP contribution in [0, 0.1) is 0 Å². The second-order valence-electron chi connectivity index (χ2n) is 5.95. The zero-order valence-corrected chi connectivity index (χ0v) is 13.9. The quantitative estimate of drug-likeness (QED) is 0.923. The van der Waals surface area contributed by atoms with E-state index in [1.807, 2.05) is 0 Å². The average molecular weight is 344 g/mol. The third kappa shape index (κ3) is 2.41. The number of hydrogen-bond donors (Lipinski definition) is 1. The van der Waals surface area contributed by atoms with Crippen molar-refractivity contribution in [3.8, 4) is 5.75 Å². The molecule has 0 radical (unpaired) electrons. The molecule has 124 valence electrons. The normalized spacial score (nSPS) is 15.9. The van der Waals surface area contributed by atoms with Crippen LogP contribution in [-0.4, -0.2) is 28.0 Å². The number of fused-ring (bicyclic) bond motifs is 2. The molecule has 0 saturated heterocycles. The van der Waals surface area contributed by atoms with Crippen molar-refractivity contribution in [2.75, 3.05) is 23.3 Å². The Labute approximate surface area is 140 Å². The predicted octanol–water partition coefficient (Wildman–Crippen LogP) is 1.94. The monoisotopic (exact) mass is 344 g/mol. The van der Waals surface area contributed by atoms with Crippen LogP contribution < -0.4 is 14.4 Å². The Balaban J connectivity index is 1.64. The summed E-state index contributed by atoms with van der Waals surface area (Å²) in [5.74, 6) is 0.767. The van der Waals surface area contributed by atoms with Crippen LogP contribution in [0.25, 0.3) is 0 Å². The number of amides is 1. The average Bonchev–Trinajstić information content (AvgIpc) is 3.11. The second-order valence-corrected chi connectivity index (χ2v) is 7.63. The fourth-order valence-corrected chi connectivity index (χ4v) is 4.18. The maximum atomic E-state index is 12.6. The van der Waals surface area contributed by atoms with E-state index in [0.717, 1.165) is 29.0 Å². The largest absolute Gasteiger partial charge is 0.493 e. The Hall–Kier alpha value is -2.54. The standard InChI is InChI=1S/C17H16N2O4S/c1-19-15-4-3-14(9-12(15)10-17(19)20)24(21,22)18-13-2-5-16-11(8-13)6-7-23-16/h2-5,8-9,18H,6-7,10H2,1H3. The van der Waals surface area contributed by atoms with Crippen molar-refractivity contribution < 1.29 is 17.9 Å². The Morgan fingerprint density at radius 3 is 2.79 bits per heavy atom. The number of nitrogens with one attached hydrogen (secondary N) is 1. The number of carbonyl (C=O) groups excluding carboxylic acids is 1. The van der Waals surface area contributed by atoms with Crippen molar-refractivity contribution in [1.29, 1.82) is 0 Å². The molecule has 0 bridgehead atoms. The van der Waals surface area contributed by atoms with Gasteiger partial charge in [0.25, 0.3) is 10.0 Å². The van der Waals surface area contributed by atoms with E-state index < -0.39 is 10.0 Å². The summed E-state index contributed by atoms with van der Waals surface area (Å²) < 4.78 is 33.3. The van der Waals surface area contributed by atoms with Gasteiger partial charge in [-0.25, -0.2) is 8.42 Å². The third-order valence-electron chi connectivity index (χ3n) is 4.38. The van der Waals surface area contributed by atoms with Crippen molar-refractivity contribution in [2.45, 2.75) is 17.7 Å². The first kappa shape index (κ1) is 15.0. The summed E-state index contributed by atoms with van der Waals surface area (Å²) >= 11 is 0. The highest BCUT2D eigenvalue weighted by Crippen LogP contribution is 2.32. The SMILES string of the molecule is CN1C(=O)Cc2cc(S(=O)(=O)Nc3ccc4c(c3)CCO4)ccc21. The Kier molecular flexibility index (Phi) is 3.28. The minimum atomic E-state index is -3.71. The smallest absolute Gasteiger partial charge is 0.261 e. The zero-order valence-electron chi connectivity index (χ0n) is 13.1. The van der Waals surface area contributed by atoms with E-state index in [9.17, 15) is 13.2 Å². The number of anilines is 2. The van der Waals surface area contributed by atoms with Gasteiger partial charge in [0.2, 0.25) is 5.91 Å². The molecule has 2 aromatic carbocycles. The van der Waals surface area contributed by atoms with Gasteiger partial charge in [-0.15, -0.1) is 0 Å². The topological polar surface area (TPSA) is 75.7 Å². The number of sulfonamides is 1. The molecular formula is C17H16N2O4S. The molecule has 2 aliphatic rings. The number of likely N-dealkylation sites (N-methyl/N-ethyl adjacent to an activating group) is 1. The first-order valence-electron chi connectivity index (χ1n) is 7.62. The number of hydrogen-bond acceptors (Lipinski definition) is 4. The lowest BCUT2D eigenvalue weighted by Gasteiger charge is -2.12. The number of ether oxygens (including phenoxy) is 1. The fourth-order valence-electron chi connectivity index (χ4n) is 3.08. The van der Waals surface area contributed by atoms with E-state index in [-0.39, 0.29) is 17.2 Å². The minimum Gasteiger partial charge on any atom is -0.493 e. The Bertz CT molecular complexity index is 953. The van der Waals surface area contributed by atoms with Crippen molar-refractivity contribution in [3.05, 3.63) is 47.5 Å². The fraction of sp³-hybridized carbons (Fsp3) is 0.235. The summed E-state index contributed by atoms with van der Waals surface area (Å²) in [6.07, 6.45) is 1.00. The summed E-state index contributed by atoms with van der Waals surface area (Å²) in [6, 6.07) is 10.0. The first-order chi connectivity index (χ1) is 11.4. The van der Waals surface area contributed by atoms with Gasteiger partial charge in [0.1, 0.15) is 5.75 Å². The highest BCUT2D eigenvalue weighted by Gasteiger charge is 2.26. The van der Waals surface area contributed by atoms with Gasteiger partial charge in [0.15, 0.2) is 0 Å². The summed E-state index contributed by atoms with van der Waals surface area (Å²) in [7, 11) is -2.02. The van der Waals surface area contributed by atoms with Crippen molar-refractivity contribution in [1.82, 2.24) is 0 Å². The predicted molar refractivity (Wildman–Crippen MR) is 90.0 cm³/mol. The molecule has 2 aromatic rings. The molecule has 24 heavy (non-hydrogen) atoms. The lowest BCUT2D eigenvalue weighted by atomic mass is 10.1. The molecule has 0 saturated carbocycles. The van der Waals surface area contributed by atoms with Gasteiger partial charge in [-0.2, -0.15) is 0 Å². The molecular weight excluding hydrogens is 328 g/mol. The van der Waals surface area contributed by atoms with Crippen molar-refractivity contribution >= 4 is 27.3 Å². The van der Waals surface area contributed by atoms with Crippen LogP contribution in [0.5, 0.6) is 5.75 Å². The molecule has 6 nitrogen and oxygen atoms in total. The van der Waals surface area contributed by atoms with E-state index in [4.69, 9.17) is 4.74 Å². The van der Waals surface area contributed by atoms with Gasteiger partial charge in [-0.1, -0.05) is 0 Å². The molecule has 0 unspecified atom stereocenters. The van der Waals surface area contributed by atoms with Crippen LogP contribution >= 0.6 is 0 Å². The molecule has 4 rings (SSSR count). The molecule has 0 aliphatic carbocycles. The summed E-state index contributed by atoms with van der Waals surface area (Å²) in [5.41, 5.74) is 2.99. The van der Waals surface area contributed by atoms with E-state index in [2.05, 4.69) is 4.72 Å². The summed E-state index contributed by atoms with van der Waals surface area (Å²) in [4.78, 5) is 13.4. The van der Waals surface area contributed by atoms with Crippen LogP contribution in [-0.2, 0) is 27.7 Å². The number of nitrogens with zero attached hydrogens (tertiary/aromatic N) is 1. The van der Waals surface area contributed by atoms with Gasteiger partial charge in [0.05, 0.1) is 17.9 Å². The number of rotatable bonds is 3. The van der Waals surface area contributed by atoms with Crippen LogP contribution in [0.1, 0.15) is 11.1 Å². The van der Waals surface area contributed by atoms with Gasteiger partial charge in [-0.3, -0.25) is 9.52 Å². The molecule has 0 atom stereocenters. The second kappa shape index (κ2) is 5.24. The number of benzene rings is 2. The summed E-state index contributed by atoms with van der Waals surface area (Å²) in [6.45, 7) is 0.623. The summed E-state index contributed by atoms with van der Waals surface area (Å²) in [5, 5.41) is 0. The number of carbonyl (C=O) groups is 1. The van der Waals surface area contributed by atoms with E-state index in [0.29, 0.717) is 12.3 Å². The molecule has 2 aliphatic heterocycles. The maximum absolute atomic E-state index is 12.6. The maximum Gasteiger partial charge on any atom is 0.261 e. The van der Waals surface area contributed by atoms with Crippen LogP contribution in [0.15, 0.2) is 41.3 Å². The Morgan fingerprint density at radius 2 is 1.96 bits per heavy atom. The van der Waals surface area contributed by atoms with E-state index in [1.54, 1.807) is 42.3 Å². The van der Waals surface area contributed by atoms with E-state index >= 15 is 0 Å². The van der Waals surface area contributed by atoms with Gasteiger partial charge < -0.3 is 9.64 Å². The lowest BCUT2D eigenvalue weighted by molar-refractivity contribution is -0.117. The molecule has 1 N–H and O–H groups in total. The first-order valence-corrected chi connectivity index (χ1v) is 9.10. The van der Waals surface area contributed by atoms with Gasteiger partial charge >= 0.3 is 0 Å². The van der Waals surface area contributed by atoms with Crippen LogP contribution in [0.2, 0.25) is 0 Å². The molecule has 1 amide bonds. The van der Waals surface area contributed by atoms with E-state index in [1.165, 1.54) is 6.07 Å². The third-order valence-corrected chi connectivity index (χ3v) is 5.76. The van der Waals surface area contributed by atoms with Gasteiger partial charge in [-0.05, 0) is 47.5 Å².